The Morgan fingerprint density at radius 3 is 1.74 bits per heavy atom. The standard InChI is InChI=1S/C30H52O4/c1-25(2)22(33)12-14-28(6)21-10-9-20-27(5)13-11-17(26(3,4)34)23(27)18(31)15-29(20,7)30(21,8)16-19(32)24(25)28/h17-24,31-34H,9-16H2,1-8H3/t17-,18-,19-,20+,21+,22-,23+,24-,27+,28+,29+,30+/m0/s1. The molecule has 0 aromatic carbocycles. The molecule has 0 amide bonds. The molecular formula is C30H52O4. The molecule has 0 aromatic rings. The van der Waals surface area contributed by atoms with Crippen LogP contribution < -0.4 is 0 Å². The van der Waals surface area contributed by atoms with Gasteiger partial charge in [0.25, 0.3) is 0 Å². The van der Waals surface area contributed by atoms with Gasteiger partial charge in [-0.3, -0.25) is 0 Å². The Bertz CT molecular complexity index is 832. The molecule has 4 nitrogen and oxygen atoms in total. The summed E-state index contributed by atoms with van der Waals surface area (Å²) in [5.74, 6) is 1.37. The number of rotatable bonds is 1. The number of fused-ring (bicyclic) bond motifs is 7. The van der Waals surface area contributed by atoms with E-state index in [0.29, 0.717) is 11.8 Å². The average molecular weight is 477 g/mol. The Balaban J connectivity index is 1.57. The van der Waals surface area contributed by atoms with Crippen LogP contribution in [-0.4, -0.2) is 44.3 Å². The third-order valence-electron chi connectivity index (χ3n) is 13.7. The molecule has 0 spiro atoms. The number of aliphatic hydroxyl groups excluding tert-OH is 3. The van der Waals surface area contributed by atoms with Gasteiger partial charge in [0.2, 0.25) is 0 Å². The minimum absolute atomic E-state index is 0.00284. The van der Waals surface area contributed by atoms with Gasteiger partial charge in [0.15, 0.2) is 0 Å². The summed E-state index contributed by atoms with van der Waals surface area (Å²) >= 11 is 0. The topological polar surface area (TPSA) is 80.9 Å². The fourth-order valence-electron chi connectivity index (χ4n) is 12.3. The fraction of sp³-hybridized carbons (Fsp3) is 1.00. The minimum atomic E-state index is -0.769. The zero-order valence-electron chi connectivity index (χ0n) is 23.1. The first kappa shape index (κ1) is 25.5. The first-order valence-corrected chi connectivity index (χ1v) is 14.2. The van der Waals surface area contributed by atoms with E-state index in [4.69, 9.17) is 0 Å². The molecular weight excluding hydrogens is 424 g/mol. The Kier molecular flexibility index (Phi) is 5.42. The van der Waals surface area contributed by atoms with Crippen LogP contribution >= 0.6 is 0 Å². The van der Waals surface area contributed by atoms with Gasteiger partial charge in [0, 0.05) is 0 Å². The average Bonchev–Trinajstić information content (AvgIpc) is 3.05. The highest BCUT2D eigenvalue weighted by Gasteiger charge is 2.74. The molecule has 4 heteroatoms. The van der Waals surface area contributed by atoms with Crippen molar-refractivity contribution in [1.82, 2.24) is 0 Å². The van der Waals surface area contributed by atoms with E-state index in [9.17, 15) is 20.4 Å². The highest BCUT2D eigenvalue weighted by atomic mass is 16.3. The number of hydrogen-bond acceptors (Lipinski definition) is 4. The smallest absolute Gasteiger partial charge is 0.0623 e. The van der Waals surface area contributed by atoms with Crippen molar-refractivity contribution in [2.45, 2.75) is 131 Å². The summed E-state index contributed by atoms with van der Waals surface area (Å²) < 4.78 is 0. The van der Waals surface area contributed by atoms with Crippen molar-refractivity contribution >= 4 is 0 Å². The molecule has 34 heavy (non-hydrogen) atoms. The number of aliphatic hydroxyl groups is 4. The van der Waals surface area contributed by atoms with Crippen molar-refractivity contribution in [3.63, 3.8) is 0 Å². The highest BCUT2D eigenvalue weighted by Crippen LogP contribution is 2.78. The van der Waals surface area contributed by atoms with Gasteiger partial charge in [-0.2, -0.15) is 0 Å². The second kappa shape index (κ2) is 7.23. The van der Waals surface area contributed by atoms with Crippen LogP contribution in [0.4, 0.5) is 0 Å². The van der Waals surface area contributed by atoms with Crippen molar-refractivity contribution in [2.75, 3.05) is 0 Å². The monoisotopic (exact) mass is 476 g/mol. The molecule has 0 unspecified atom stereocenters. The van der Waals surface area contributed by atoms with Crippen molar-refractivity contribution < 1.29 is 20.4 Å². The van der Waals surface area contributed by atoms with Crippen LogP contribution in [0.15, 0.2) is 0 Å². The molecule has 0 saturated heterocycles. The minimum Gasteiger partial charge on any atom is -0.393 e. The summed E-state index contributed by atoms with van der Waals surface area (Å²) in [6, 6.07) is 0. The van der Waals surface area contributed by atoms with E-state index in [-0.39, 0.29) is 50.9 Å². The summed E-state index contributed by atoms with van der Waals surface area (Å²) in [4.78, 5) is 0. The van der Waals surface area contributed by atoms with Gasteiger partial charge in [0.1, 0.15) is 0 Å². The summed E-state index contributed by atoms with van der Waals surface area (Å²) in [5.41, 5.74) is -1.15. The SMILES string of the molecule is CC(C)(O)[C@H]1CC[C@@]2(C)[C@H]1[C@@H](O)C[C@]1(C)[C@@H]2CC[C@@H]2[C@@]3(C)CC[C@H](O)C(C)(C)[C@@H]3[C@@H](O)C[C@]21C. The van der Waals surface area contributed by atoms with Crippen molar-refractivity contribution in [1.29, 1.82) is 0 Å². The van der Waals surface area contributed by atoms with Gasteiger partial charge in [0.05, 0.1) is 23.9 Å². The fourth-order valence-corrected chi connectivity index (χ4v) is 12.3. The quantitative estimate of drug-likeness (QED) is 0.421. The van der Waals surface area contributed by atoms with E-state index in [1.807, 2.05) is 13.8 Å². The third-order valence-corrected chi connectivity index (χ3v) is 13.7. The zero-order chi connectivity index (χ0) is 25.3. The van der Waals surface area contributed by atoms with Gasteiger partial charge in [-0.1, -0.05) is 41.5 Å². The van der Waals surface area contributed by atoms with Gasteiger partial charge in [-0.25, -0.2) is 0 Å². The van der Waals surface area contributed by atoms with Gasteiger partial charge >= 0.3 is 0 Å². The van der Waals surface area contributed by atoms with E-state index in [1.54, 1.807) is 0 Å². The second-order valence-corrected chi connectivity index (χ2v) is 15.8. The van der Waals surface area contributed by atoms with Gasteiger partial charge < -0.3 is 20.4 Å². The van der Waals surface area contributed by atoms with E-state index in [0.717, 1.165) is 38.5 Å². The predicted molar refractivity (Wildman–Crippen MR) is 135 cm³/mol. The van der Waals surface area contributed by atoms with Crippen LogP contribution in [0.1, 0.15) is 107 Å². The molecule has 0 aromatic heterocycles. The van der Waals surface area contributed by atoms with Crippen LogP contribution in [0.3, 0.4) is 0 Å². The molecule has 0 heterocycles. The third kappa shape index (κ3) is 2.92. The van der Waals surface area contributed by atoms with Crippen LogP contribution in [0, 0.1) is 56.7 Å². The van der Waals surface area contributed by atoms with Crippen LogP contribution in [0.5, 0.6) is 0 Å². The van der Waals surface area contributed by atoms with E-state index in [2.05, 4.69) is 41.5 Å². The van der Waals surface area contributed by atoms with E-state index >= 15 is 0 Å². The summed E-state index contributed by atoms with van der Waals surface area (Å²) in [6.45, 7) is 17.9. The first-order chi connectivity index (χ1) is 15.4. The largest absolute Gasteiger partial charge is 0.393 e. The summed E-state index contributed by atoms with van der Waals surface area (Å²) in [7, 11) is 0. The molecule has 5 aliphatic rings. The molecule has 4 N–H and O–H groups in total. The van der Waals surface area contributed by atoms with Gasteiger partial charge in [-0.15, -0.1) is 0 Å². The first-order valence-electron chi connectivity index (χ1n) is 14.2. The Morgan fingerprint density at radius 1 is 0.676 bits per heavy atom. The Morgan fingerprint density at radius 2 is 1.18 bits per heavy atom. The van der Waals surface area contributed by atoms with Crippen molar-refractivity contribution in [2.24, 2.45) is 56.7 Å². The number of hydrogen-bond donors (Lipinski definition) is 4. The Hall–Kier alpha value is -0.160. The Labute approximate surface area is 207 Å². The van der Waals surface area contributed by atoms with Crippen molar-refractivity contribution in [3.05, 3.63) is 0 Å². The van der Waals surface area contributed by atoms with Crippen LogP contribution in [0.25, 0.3) is 0 Å². The maximum absolute atomic E-state index is 11.8. The van der Waals surface area contributed by atoms with E-state index < -0.39 is 17.8 Å². The lowest BCUT2D eigenvalue weighted by Gasteiger charge is -2.74. The molecule has 196 valence electrons. The molecule has 0 radical (unpaired) electrons. The molecule has 5 rings (SSSR count). The molecule has 5 saturated carbocycles. The van der Waals surface area contributed by atoms with Gasteiger partial charge in [-0.05, 0) is 122 Å². The van der Waals surface area contributed by atoms with E-state index in [1.165, 1.54) is 12.8 Å². The summed E-state index contributed by atoms with van der Waals surface area (Å²) in [6.07, 6.45) is 6.55. The molecule has 5 aliphatic carbocycles. The zero-order valence-corrected chi connectivity index (χ0v) is 23.1. The van der Waals surface area contributed by atoms with Crippen molar-refractivity contribution in [3.8, 4) is 0 Å². The normalized spacial score (nSPS) is 58.9. The molecule has 0 aliphatic heterocycles. The molecule has 12 atom stereocenters. The second-order valence-electron chi connectivity index (χ2n) is 15.8. The lowest BCUT2D eigenvalue weighted by atomic mass is 9.31. The lowest BCUT2D eigenvalue weighted by molar-refractivity contribution is -0.289. The highest BCUT2D eigenvalue weighted by molar-refractivity contribution is 5.22. The predicted octanol–water partition coefficient (Wildman–Crippen LogP) is 5.16. The van der Waals surface area contributed by atoms with Crippen LogP contribution in [-0.2, 0) is 0 Å². The summed E-state index contributed by atoms with van der Waals surface area (Å²) in [5, 5.41) is 45.4. The molecule has 5 fully saturated rings. The molecule has 0 bridgehead atoms. The maximum atomic E-state index is 11.8. The maximum Gasteiger partial charge on any atom is 0.0623 e. The van der Waals surface area contributed by atoms with Crippen LogP contribution in [0.2, 0.25) is 0 Å². The lowest BCUT2D eigenvalue weighted by Crippen LogP contribution is -2.71.